The molecule has 27 heavy (non-hydrogen) atoms. The second kappa shape index (κ2) is 7.61. The van der Waals surface area contributed by atoms with Gasteiger partial charge in [0.25, 0.3) is 5.91 Å². The van der Waals surface area contributed by atoms with Gasteiger partial charge >= 0.3 is 0 Å². The van der Waals surface area contributed by atoms with Crippen LogP contribution in [-0.4, -0.2) is 27.3 Å². The molecule has 6 nitrogen and oxygen atoms in total. The first-order chi connectivity index (χ1) is 13.2. The van der Waals surface area contributed by atoms with E-state index in [0.717, 1.165) is 54.5 Å². The molecule has 0 bridgehead atoms. The van der Waals surface area contributed by atoms with E-state index in [0.29, 0.717) is 12.2 Å². The highest BCUT2D eigenvalue weighted by Gasteiger charge is 2.17. The van der Waals surface area contributed by atoms with Crippen LogP contribution in [-0.2, 0) is 13.0 Å². The fourth-order valence-electron chi connectivity index (χ4n) is 3.33. The van der Waals surface area contributed by atoms with Gasteiger partial charge in [0.2, 0.25) is 0 Å². The van der Waals surface area contributed by atoms with Gasteiger partial charge < -0.3 is 14.6 Å². The van der Waals surface area contributed by atoms with Crippen LogP contribution in [0.2, 0.25) is 0 Å². The number of aryl methyl sites for hydroxylation is 1. The monoisotopic (exact) mass is 362 g/mol. The quantitative estimate of drug-likeness (QED) is 0.747. The van der Waals surface area contributed by atoms with Crippen molar-refractivity contribution in [3.63, 3.8) is 0 Å². The molecule has 0 saturated carbocycles. The molecular formula is C21H22N4O2. The Hall–Kier alpha value is -3.15. The Bertz CT molecular complexity index is 947. The van der Waals surface area contributed by atoms with Gasteiger partial charge in [0.1, 0.15) is 11.6 Å². The maximum atomic E-state index is 12.5. The third kappa shape index (κ3) is 3.69. The third-order valence-corrected chi connectivity index (χ3v) is 4.67. The summed E-state index contributed by atoms with van der Waals surface area (Å²) in [4.78, 5) is 12.5. The topological polar surface area (TPSA) is 69.0 Å². The lowest BCUT2D eigenvalue weighted by Crippen LogP contribution is -2.13. The maximum absolute atomic E-state index is 12.5. The normalized spacial score (nSPS) is 13.1. The second-order valence-electron chi connectivity index (χ2n) is 6.54. The zero-order valence-electron chi connectivity index (χ0n) is 15.3. The van der Waals surface area contributed by atoms with Gasteiger partial charge in [0.15, 0.2) is 5.82 Å². The van der Waals surface area contributed by atoms with E-state index in [-0.39, 0.29) is 5.91 Å². The number of hydrogen-bond donors (Lipinski definition) is 1. The van der Waals surface area contributed by atoms with Crippen LogP contribution in [0.5, 0.6) is 5.75 Å². The Morgan fingerprint density at radius 2 is 2.00 bits per heavy atom. The van der Waals surface area contributed by atoms with E-state index < -0.39 is 0 Å². The lowest BCUT2D eigenvalue weighted by Gasteiger charge is -2.15. The number of ether oxygens (including phenoxy) is 1. The fourth-order valence-corrected chi connectivity index (χ4v) is 3.33. The highest BCUT2D eigenvalue weighted by atomic mass is 16.5. The van der Waals surface area contributed by atoms with Crippen LogP contribution >= 0.6 is 0 Å². The van der Waals surface area contributed by atoms with E-state index in [1.807, 2.05) is 31.2 Å². The minimum absolute atomic E-state index is 0.154. The number of fused-ring (bicyclic) bond motifs is 1. The lowest BCUT2D eigenvalue weighted by molar-refractivity contribution is 0.102. The van der Waals surface area contributed by atoms with Crippen LogP contribution in [0.4, 0.5) is 5.69 Å². The molecule has 1 aromatic heterocycles. The summed E-state index contributed by atoms with van der Waals surface area (Å²) in [6.07, 6.45) is 3.28. The Kier molecular flexibility index (Phi) is 4.87. The largest absolute Gasteiger partial charge is 0.494 e. The lowest BCUT2D eigenvalue weighted by atomic mass is 10.1. The summed E-state index contributed by atoms with van der Waals surface area (Å²) in [6, 6.07) is 14.9. The summed E-state index contributed by atoms with van der Waals surface area (Å²) < 4.78 is 7.59. The molecule has 0 spiro atoms. The fraction of sp³-hybridized carbons (Fsp3) is 0.286. The van der Waals surface area contributed by atoms with Crippen molar-refractivity contribution >= 4 is 11.6 Å². The SMILES string of the molecule is CCOc1ccc(C(=O)Nc2cccc(-c3nnc4n3CCCC4)c2)cc1. The van der Waals surface area contributed by atoms with Crippen molar-refractivity contribution in [3.05, 3.63) is 59.9 Å². The predicted molar refractivity (Wildman–Crippen MR) is 104 cm³/mol. The number of rotatable bonds is 5. The molecule has 1 aliphatic rings. The van der Waals surface area contributed by atoms with E-state index in [9.17, 15) is 4.79 Å². The average molecular weight is 362 g/mol. The summed E-state index contributed by atoms with van der Waals surface area (Å²) in [5.41, 5.74) is 2.28. The van der Waals surface area contributed by atoms with Crippen LogP contribution in [0.1, 0.15) is 35.9 Å². The zero-order valence-corrected chi connectivity index (χ0v) is 15.3. The Labute approximate surface area is 158 Å². The standard InChI is InChI=1S/C21H22N4O2/c1-2-27-18-11-9-15(10-12-18)21(26)22-17-7-5-6-16(14-17)20-24-23-19-8-3-4-13-25(19)20/h5-7,9-12,14H,2-4,8,13H2,1H3,(H,22,26). The van der Waals surface area contributed by atoms with Gasteiger partial charge in [-0.15, -0.1) is 10.2 Å². The van der Waals surface area contributed by atoms with Crippen molar-refractivity contribution in [1.29, 1.82) is 0 Å². The molecule has 0 atom stereocenters. The van der Waals surface area contributed by atoms with Crippen molar-refractivity contribution in [3.8, 4) is 17.1 Å². The van der Waals surface area contributed by atoms with Crippen molar-refractivity contribution in [2.24, 2.45) is 0 Å². The van der Waals surface area contributed by atoms with Gasteiger partial charge in [-0.25, -0.2) is 0 Å². The summed E-state index contributed by atoms with van der Waals surface area (Å²) in [5.74, 6) is 2.51. The van der Waals surface area contributed by atoms with Crippen molar-refractivity contribution < 1.29 is 9.53 Å². The van der Waals surface area contributed by atoms with E-state index >= 15 is 0 Å². The van der Waals surface area contributed by atoms with Crippen LogP contribution in [0.15, 0.2) is 48.5 Å². The van der Waals surface area contributed by atoms with Crippen molar-refractivity contribution in [1.82, 2.24) is 14.8 Å². The molecule has 138 valence electrons. The first-order valence-corrected chi connectivity index (χ1v) is 9.31. The minimum Gasteiger partial charge on any atom is -0.494 e. The third-order valence-electron chi connectivity index (χ3n) is 4.67. The van der Waals surface area contributed by atoms with Gasteiger partial charge in [0.05, 0.1) is 6.61 Å². The average Bonchev–Trinajstić information content (AvgIpc) is 3.13. The summed E-state index contributed by atoms with van der Waals surface area (Å²) in [5, 5.41) is 11.6. The molecule has 1 aliphatic heterocycles. The van der Waals surface area contributed by atoms with E-state index in [4.69, 9.17) is 4.74 Å². The molecule has 0 radical (unpaired) electrons. The summed E-state index contributed by atoms with van der Waals surface area (Å²) in [6.45, 7) is 3.48. The molecule has 6 heteroatoms. The van der Waals surface area contributed by atoms with Crippen molar-refractivity contribution in [2.75, 3.05) is 11.9 Å². The molecule has 3 aromatic rings. The van der Waals surface area contributed by atoms with Gasteiger partial charge in [0, 0.05) is 29.8 Å². The number of aromatic nitrogens is 3. The first-order valence-electron chi connectivity index (χ1n) is 9.31. The smallest absolute Gasteiger partial charge is 0.255 e. The van der Waals surface area contributed by atoms with Crippen molar-refractivity contribution in [2.45, 2.75) is 32.7 Å². The van der Waals surface area contributed by atoms with E-state index in [1.54, 1.807) is 24.3 Å². The minimum atomic E-state index is -0.154. The molecule has 1 amide bonds. The molecule has 2 heterocycles. The Morgan fingerprint density at radius 1 is 1.15 bits per heavy atom. The van der Waals surface area contributed by atoms with Gasteiger partial charge in [-0.05, 0) is 56.2 Å². The molecule has 1 N–H and O–H groups in total. The van der Waals surface area contributed by atoms with Gasteiger partial charge in [-0.1, -0.05) is 12.1 Å². The number of carbonyl (C=O) groups is 1. The Morgan fingerprint density at radius 3 is 2.81 bits per heavy atom. The van der Waals surface area contributed by atoms with Crippen LogP contribution in [0, 0.1) is 0 Å². The highest BCUT2D eigenvalue weighted by Crippen LogP contribution is 2.25. The molecule has 0 saturated heterocycles. The number of benzene rings is 2. The number of amides is 1. The van der Waals surface area contributed by atoms with E-state index in [2.05, 4.69) is 20.1 Å². The summed E-state index contributed by atoms with van der Waals surface area (Å²) in [7, 11) is 0. The highest BCUT2D eigenvalue weighted by molar-refractivity contribution is 6.04. The maximum Gasteiger partial charge on any atom is 0.255 e. The number of nitrogens with zero attached hydrogens (tertiary/aromatic N) is 3. The molecular weight excluding hydrogens is 340 g/mol. The molecule has 0 aliphatic carbocycles. The summed E-state index contributed by atoms with van der Waals surface area (Å²) >= 11 is 0. The van der Waals surface area contributed by atoms with Crippen LogP contribution in [0.25, 0.3) is 11.4 Å². The molecule has 2 aromatic carbocycles. The number of nitrogens with one attached hydrogen (secondary N) is 1. The van der Waals surface area contributed by atoms with Crippen LogP contribution < -0.4 is 10.1 Å². The van der Waals surface area contributed by atoms with Gasteiger partial charge in [-0.2, -0.15) is 0 Å². The number of anilines is 1. The predicted octanol–water partition coefficient (Wildman–Crippen LogP) is 3.93. The first kappa shape index (κ1) is 17.3. The van der Waals surface area contributed by atoms with E-state index in [1.165, 1.54) is 0 Å². The Balaban J connectivity index is 1.52. The van der Waals surface area contributed by atoms with Crippen LogP contribution in [0.3, 0.4) is 0 Å². The molecule has 0 fully saturated rings. The zero-order chi connectivity index (χ0) is 18.6. The molecule has 4 rings (SSSR count). The van der Waals surface area contributed by atoms with Gasteiger partial charge in [-0.3, -0.25) is 4.79 Å². The molecule has 0 unspecified atom stereocenters. The second-order valence-corrected chi connectivity index (χ2v) is 6.54. The number of hydrogen-bond acceptors (Lipinski definition) is 4. The number of carbonyl (C=O) groups excluding carboxylic acids is 1.